The van der Waals surface area contributed by atoms with Gasteiger partial charge >= 0.3 is 7.54 Å². The minimum absolute atomic E-state index is 0. The minimum atomic E-state index is -3.67. The van der Waals surface area contributed by atoms with Crippen molar-refractivity contribution < 1.29 is 72.7 Å². The Morgan fingerprint density at radius 3 is 1.28 bits per heavy atom. The third-order valence-electron chi connectivity index (χ3n) is 11.0. The van der Waals surface area contributed by atoms with E-state index in [2.05, 4.69) is 9.97 Å². The maximum Gasteiger partial charge on any atom is 0.762 e. The van der Waals surface area contributed by atoms with Crippen LogP contribution in [0.5, 0.6) is 52.0 Å². The van der Waals surface area contributed by atoms with Crippen molar-refractivity contribution in [2.24, 2.45) is 0 Å². The molecule has 81 heavy (non-hydrogen) atoms. The molecule has 1 aliphatic rings. The molecular formula is C59H48BF8N2O8PS2. The standard InChI is InChI=1S/C32H22F4NO3S2.C27H26NO5P.BF3.FH/c1-19(39-32-4-2-3-13-37-32)18-38-20-5-7-21(8-6-20)40-22-9-11-23(12-10-22)42-30-16-26(35)24(33)14-28(30)41-29-15-25(34)27(36)17-31(29)42;1-21(31-27-10-6-7-19-28-27)20-30-22-11-13-23(14-12-22)32-24-15-17-26(18-16-24)34(2,29)33-25-8-4-3-5-9-25;2-1(3)4;/h2-17,19H,18H2,1H3;3-19,21H,20H2,1-2H3;;1H/q+1;;;/p-1. The van der Waals surface area contributed by atoms with Crippen LogP contribution >= 0.6 is 19.1 Å². The second kappa shape index (κ2) is 28.8. The summed E-state index contributed by atoms with van der Waals surface area (Å²) in [6, 6.07) is 53.2. The van der Waals surface area contributed by atoms with Gasteiger partial charge in [0.1, 0.15) is 76.6 Å². The molecule has 3 unspecified atom stereocenters. The molecule has 3 heterocycles. The van der Waals surface area contributed by atoms with Gasteiger partial charge in [-0.15, -0.1) is 0 Å². The van der Waals surface area contributed by atoms with Crippen molar-refractivity contribution in [1.29, 1.82) is 0 Å². The smallest absolute Gasteiger partial charge is 0.762 e. The summed E-state index contributed by atoms with van der Waals surface area (Å²) in [6.07, 6.45) is 3.00. The van der Waals surface area contributed by atoms with E-state index in [1.54, 1.807) is 110 Å². The number of ether oxygens (including phenoxy) is 6. The largest absolute Gasteiger partial charge is 1.00 e. The van der Waals surface area contributed by atoms with Crippen LogP contribution in [-0.4, -0.2) is 49.6 Å². The summed E-state index contributed by atoms with van der Waals surface area (Å²) in [6.45, 7) is 6.15. The van der Waals surface area contributed by atoms with E-state index in [9.17, 15) is 35.1 Å². The molecule has 7 aromatic carbocycles. The summed E-state index contributed by atoms with van der Waals surface area (Å²) in [5.41, 5.74) is 0. The van der Waals surface area contributed by atoms with E-state index in [0.29, 0.717) is 95.0 Å². The van der Waals surface area contributed by atoms with Crippen molar-refractivity contribution in [2.45, 2.75) is 50.5 Å². The molecule has 0 N–H and O–H groups in total. The molecule has 0 radical (unpaired) electrons. The molecule has 0 bridgehead atoms. The number of pyridine rings is 2. The molecule has 0 spiro atoms. The summed E-state index contributed by atoms with van der Waals surface area (Å²) < 4.78 is 139. The third kappa shape index (κ3) is 17.7. The van der Waals surface area contributed by atoms with Crippen LogP contribution < -0.4 is 43.0 Å². The summed E-state index contributed by atoms with van der Waals surface area (Å²) in [5, 5.41) is 0.620. The van der Waals surface area contributed by atoms with Gasteiger partial charge < -0.3 is 37.6 Å². The molecular weight excluding hydrogens is 1120 g/mol. The highest BCUT2D eigenvalue weighted by Crippen LogP contribution is 2.50. The van der Waals surface area contributed by atoms with Gasteiger partial charge in [0.2, 0.25) is 11.8 Å². The molecule has 1 aliphatic heterocycles. The van der Waals surface area contributed by atoms with Gasteiger partial charge in [0.15, 0.2) is 38.0 Å². The Morgan fingerprint density at radius 2 is 0.877 bits per heavy atom. The zero-order chi connectivity index (χ0) is 56.6. The van der Waals surface area contributed by atoms with E-state index in [1.165, 1.54) is 0 Å². The fourth-order valence-electron chi connectivity index (χ4n) is 7.38. The van der Waals surface area contributed by atoms with Crippen LogP contribution in [0.4, 0.5) is 30.5 Å². The lowest BCUT2D eigenvalue weighted by Gasteiger charge is -2.19. The normalized spacial score (nSPS) is 12.8. The SMILES string of the molecule is CC(COc1ccc(Oc2ccc(P(C)(=O)Oc3ccccc3)cc2)cc1)Oc1ccccn1.CC(COc1ccc(Oc2ccc([S+]3c4cc(F)c(F)cc4Sc4cc(F)c(F)cc43)cc2)cc1)Oc1ccccn1.FB(F)F.[F-]. The highest BCUT2D eigenvalue weighted by Gasteiger charge is 2.40. The monoisotopic (exact) mass is 1170 g/mol. The molecule has 418 valence electrons. The second-order valence-electron chi connectivity index (χ2n) is 17.3. The van der Waals surface area contributed by atoms with E-state index < -0.39 is 49.1 Å². The summed E-state index contributed by atoms with van der Waals surface area (Å²) in [4.78, 5) is 10.9. The van der Waals surface area contributed by atoms with Gasteiger partial charge in [0.05, 0.1) is 9.79 Å². The van der Waals surface area contributed by atoms with Crippen LogP contribution in [0.2, 0.25) is 0 Å². The lowest BCUT2D eigenvalue weighted by atomic mass is 10.3. The minimum Gasteiger partial charge on any atom is -1.00 e. The van der Waals surface area contributed by atoms with E-state index in [4.69, 9.17) is 32.9 Å². The van der Waals surface area contributed by atoms with Crippen LogP contribution in [0, 0.1) is 23.3 Å². The van der Waals surface area contributed by atoms with E-state index in [1.807, 2.05) is 86.6 Å². The Kier molecular flexibility index (Phi) is 21.6. The van der Waals surface area contributed by atoms with Crippen molar-refractivity contribution in [2.75, 3.05) is 19.9 Å². The number of fused-ring (bicyclic) bond motifs is 2. The summed E-state index contributed by atoms with van der Waals surface area (Å²) >= 11 is 1.09. The Morgan fingerprint density at radius 1 is 0.506 bits per heavy atom. The highest BCUT2D eigenvalue weighted by molar-refractivity contribution is 8.04. The Bertz CT molecular complexity index is 3410. The van der Waals surface area contributed by atoms with Crippen molar-refractivity contribution in [1.82, 2.24) is 9.97 Å². The topological polar surface area (TPSA) is 107 Å². The molecule has 10 nitrogen and oxygen atoms in total. The number of para-hydroxylation sites is 1. The maximum atomic E-state index is 14.3. The van der Waals surface area contributed by atoms with E-state index >= 15 is 0 Å². The van der Waals surface area contributed by atoms with Gasteiger partial charge in [-0.1, -0.05) is 42.1 Å². The average molecular weight is 1170 g/mol. The highest BCUT2D eigenvalue weighted by atomic mass is 32.2. The molecule has 0 saturated carbocycles. The van der Waals surface area contributed by atoms with Gasteiger partial charge in [-0.2, -0.15) is 0 Å². The zero-order valence-electron chi connectivity index (χ0n) is 43.1. The molecule has 0 amide bonds. The Balaban J connectivity index is 0.000000221. The van der Waals surface area contributed by atoms with E-state index in [0.717, 1.165) is 36.0 Å². The molecule has 2 aromatic heterocycles. The molecule has 0 aliphatic carbocycles. The molecule has 3 atom stereocenters. The van der Waals surface area contributed by atoms with Crippen LogP contribution in [0.1, 0.15) is 13.8 Å². The number of halogens is 8. The van der Waals surface area contributed by atoms with Crippen molar-refractivity contribution >= 4 is 42.9 Å². The van der Waals surface area contributed by atoms with Gasteiger partial charge in [-0.3, -0.25) is 17.5 Å². The first kappa shape index (κ1) is 60.5. The first-order valence-electron chi connectivity index (χ1n) is 24.4. The first-order valence-corrected chi connectivity index (χ1v) is 28.5. The van der Waals surface area contributed by atoms with Crippen molar-refractivity contribution in [3.05, 3.63) is 224 Å². The van der Waals surface area contributed by atoms with Crippen LogP contribution in [-0.2, 0) is 15.5 Å². The summed E-state index contributed by atoms with van der Waals surface area (Å²) in [7, 11) is -7.66. The van der Waals surface area contributed by atoms with Crippen LogP contribution in [0.15, 0.2) is 225 Å². The number of hydrogen-bond donors (Lipinski definition) is 0. The van der Waals surface area contributed by atoms with Crippen molar-refractivity contribution in [3.63, 3.8) is 0 Å². The molecule has 22 heteroatoms. The van der Waals surface area contributed by atoms with E-state index in [-0.39, 0.29) is 16.9 Å². The number of nitrogens with zero attached hydrogens (tertiary/aromatic N) is 2. The number of benzene rings is 7. The fourth-order valence-corrected chi connectivity index (χ4v) is 12.4. The maximum absolute atomic E-state index is 14.3. The lowest BCUT2D eigenvalue weighted by Crippen LogP contribution is -3.00. The number of aromatic nitrogens is 2. The Labute approximate surface area is 469 Å². The quantitative estimate of drug-likeness (QED) is 0.0355. The Hall–Kier alpha value is -8.13. The molecule has 0 saturated heterocycles. The van der Waals surface area contributed by atoms with Crippen LogP contribution in [0.25, 0.3) is 0 Å². The predicted molar refractivity (Wildman–Crippen MR) is 294 cm³/mol. The van der Waals surface area contributed by atoms with Crippen LogP contribution in [0.3, 0.4) is 0 Å². The second-order valence-corrected chi connectivity index (χ2v) is 22.7. The molecule has 10 rings (SSSR count). The van der Waals surface area contributed by atoms with Crippen molar-refractivity contribution in [3.8, 4) is 52.0 Å². The average Bonchev–Trinajstić information content (AvgIpc) is 3.49. The van der Waals surface area contributed by atoms with Gasteiger partial charge in [0, 0.05) is 48.6 Å². The first-order chi connectivity index (χ1) is 38.5. The fraction of sp³-hybridized carbons (Fsp3) is 0.119. The predicted octanol–water partition coefficient (Wildman–Crippen LogP) is 13.1. The van der Waals surface area contributed by atoms with Gasteiger partial charge in [0.25, 0.3) is 7.37 Å². The van der Waals surface area contributed by atoms with Gasteiger partial charge in [-0.25, -0.2) is 27.5 Å². The molecule has 9 aromatic rings. The van der Waals surface area contributed by atoms with Gasteiger partial charge in [-0.05, 0) is 147 Å². The third-order valence-corrected chi connectivity index (χ3v) is 16.5. The molecule has 0 fully saturated rings. The lowest BCUT2D eigenvalue weighted by molar-refractivity contribution is -0.0000261. The number of rotatable bonds is 18. The zero-order valence-corrected chi connectivity index (χ0v) is 45.7. The summed E-state index contributed by atoms with van der Waals surface area (Å²) in [5.74, 6) is 1.46. The number of hydrogen-bond acceptors (Lipinski definition) is 11.